The summed E-state index contributed by atoms with van der Waals surface area (Å²) in [4.78, 5) is 40.1. The minimum absolute atomic E-state index is 0.00779. The van der Waals surface area contributed by atoms with Crippen molar-refractivity contribution >= 4 is 29.5 Å². The van der Waals surface area contributed by atoms with Gasteiger partial charge in [-0.05, 0) is 119 Å². The minimum Gasteiger partial charge on any atom is -0.507 e. The molecule has 3 rings (SSSR count). The first-order chi connectivity index (χ1) is 23.3. The van der Waals surface area contributed by atoms with E-state index in [0.29, 0.717) is 54.0 Å². The number of methoxy groups -OCH3 is 1. The van der Waals surface area contributed by atoms with Gasteiger partial charge in [-0.2, -0.15) is 0 Å². The normalized spacial score (nSPS) is 12.1. The Labute approximate surface area is 299 Å². The molecule has 0 aromatic heterocycles. The van der Waals surface area contributed by atoms with Gasteiger partial charge in [-0.15, -0.1) is 0 Å². The van der Waals surface area contributed by atoms with Crippen LogP contribution in [-0.4, -0.2) is 37.0 Å². The first-order valence-electron chi connectivity index (χ1n) is 17.7. The number of esters is 2. The van der Waals surface area contributed by atoms with Crippen LogP contribution < -0.4 is 9.64 Å². The Morgan fingerprint density at radius 2 is 1.32 bits per heavy atom. The lowest BCUT2D eigenvalue weighted by Gasteiger charge is -2.29. The van der Waals surface area contributed by atoms with Crippen LogP contribution in [0.1, 0.15) is 113 Å². The third-order valence-corrected chi connectivity index (χ3v) is 8.52. The molecule has 0 aliphatic heterocycles. The molecule has 0 radical (unpaired) electrons. The Morgan fingerprint density at radius 3 is 1.78 bits per heavy atom. The molecule has 0 heterocycles. The summed E-state index contributed by atoms with van der Waals surface area (Å²) in [6, 6.07) is 15.4. The van der Waals surface area contributed by atoms with E-state index in [-0.39, 0.29) is 22.5 Å². The van der Waals surface area contributed by atoms with Crippen LogP contribution in [0.5, 0.6) is 11.5 Å². The molecule has 0 fully saturated rings. The summed E-state index contributed by atoms with van der Waals surface area (Å²) in [5.41, 5.74) is 6.63. The number of rotatable bonds is 14. The second-order valence-electron chi connectivity index (χ2n) is 15.7. The highest BCUT2D eigenvalue weighted by molar-refractivity contribution is 6.19. The quantitative estimate of drug-likeness (QED) is 0.0595. The van der Waals surface area contributed by atoms with Crippen molar-refractivity contribution in [3.63, 3.8) is 0 Å². The number of anilines is 1. The van der Waals surface area contributed by atoms with Crippen LogP contribution in [-0.2, 0) is 45.5 Å². The van der Waals surface area contributed by atoms with Gasteiger partial charge in [0.25, 0.3) is 0 Å². The zero-order valence-electron chi connectivity index (χ0n) is 32.2. The monoisotopic (exact) mass is 683 g/mol. The SMILES string of the molecule is COC(=O)/C(=C/c1ccc(N(C)Cc2cc(OC(=O)c3cc(CC(C)C)c(O)c(CC(C)C)c3)c(CC(C)C)cc2C(C)(C)C)cc1)C(C)=O. The van der Waals surface area contributed by atoms with Gasteiger partial charge >= 0.3 is 11.9 Å². The molecule has 0 aliphatic rings. The number of hydrogen-bond donors (Lipinski definition) is 1. The fourth-order valence-electron chi connectivity index (χ4n) is 6.17. The highest BCUT2D eigenvalue weighted by Gasteiger charge is 2.25. The van der Waals surface area contributed by atoms with Crippen molar-refractivity contribution in [3.8, 4) is 11.5 Å². The second-order valence-corrected chi connectivity index (χ2v) is 15.7. The van der Waals surface area contributed by atoms with Gasteiger partial charge in [0.1, 0.15) is 17.1 Å². The maximum absolute atomic E-state index is 13.9. The van der Waals surface area contributed by atoms with Gasteiger partial charge < -0.3 is 19.5 Å². The molecule has 3 aromatic carbocycles. The van der Waals surface area contributed by atoms with E-state index in [2.05, 4.69) is 73.3 Å². The topological polar surface area (TPSA) is 93.1 Å². The molecular formula is C43H57NO6. The van der Waals surface area contributed by atoms with Gasteiger partial charge in [0.2, 0.25) is 0 Å². The maximum Gasteiger partial charge on any atom is 0.343 e. The summed E-state index contributed by atoms with van der Waals surface area (Å²) in [7, 11) is 3.26. The highest BCUT2D eigenvalue weighted by Crippen LogP contribution is 2.36. The molecule has 0 unspecified atom stereocenters. The van der Waals surface area contributed by atoms with Gasteiger partial charge in [0.15, 0.2) is 5.78 Å². The van der Waals surface area contributed by atoms with Crippen LogP contribution in [0, 0.1) is 17.8 Å². The molecule has 0 bridgehead atoms. The molecule has 7 heteroatoms. The number of hydrogen-bond acceptors (Lipinski definition) is 7. The summed E-state index contributed by atoms with van der Waals surface area (Å²) in [5.74, 6) is 0.325. The predicted octanol–water partition coefficient (Wildman–Crippen LogP) is 9.29. The Morgan fingerprint density at radius 1 is 0.800 bits per heavy atom. The van der Waals surface area contributed by atoms with Gasteiger partial charge in [0, 0.05) is 19.3 Å². The Kier molecular flexibility index (Phi) is 13.6. The summed E-state index contributed by atoms with van der Waals surface area (Å²) < 4.78 is 11.0. The van der Waals surface area contributed by atoms with Gasteiger partial charge in [-0.3, -0.25) is 4.79 Å². The summed E-state index contributed by atoms with van der Waals surface area (Å²) in [6.45, 7) is 21.2. The van der Waals surface area contributed by atoms with Crippen LogP contribution in [0.15, 0.2) is 54.1 Å². The molecule has 1 N–H and O–H groups in total. The minimum atomic E-state index is -0.664. The number of ketones is 1. The third-order valence-electron chi connectivity index (χ3n) is 8.52. The molecule has 50 heavy (non-hydrogen) atoms. The molecule has 0 atom stereocenters. The van der Waals surface area contributed by atoms with Crippen LogP contribution in [0.25, 0.3) is 6.08 Å². The predicted molar refractivity (Wildman–Crippen MR) is 203 cm³/mol. The standard InChI is InChI=1S/C43H57NO6/c1-26(2)17-31-23-38(43(8,9)10)35(25-44(11)36-15-13-30(14-16-36)20-37(29(7)45)42(48)49-12)24-39(31)50-41(47)34-21-32(18-27(3)4)40(46)33(22-34)19-28(5)6/h13-16,20-24,26-28,46H,17-19,25H2,1-12H3/b37-20+. The summed E-state index contributed by atoms with van der Waals surface area (Å²) >= 11 is 0. The number of phenolic OH excluding ortho intramolecular Hbond substituents is 1. The van der Waals surface area contributed by atoms with Gasteiger partial charge in [-0.25, -0.2) is 9.59 Å². The Bertz CT molecular complexity index is 1680. The van der Waals surface area contributed by atoms with Crippen molar-refractivity contribution in [2.75, 3.05) is 19.1 Å². The van der Waals surface area contributed by atoms with Crippen molar-refractivity contribution in [2.45, 2.75) is 100 Å². The summed E-state index contributed by atoms with van der Waals surface area (Å²) in [6.07, 6.45) is 3.61. The van der Waals surface area contributed by atoms with Crippen LogP contribution in [0.4, 0.5) is 5.69 Å². The molecule has 0 saturated heterocycles. The first kappa shape index (κ1) is 40.0. The lowest BCUT2D eigenvalue weighted by atomic mass is 9.81. The summed E-state index contributed by atoms with van der Waals surface area (Å²) in [5, 5.41) is 11.1. The molecule has 3 aromatic rings. The van der Waals surface area contributed by atoms with E-state index in [9.17, 15) is 19.5 Å². The van der Waals surface area contributed by atoms with E-state index >= 15 is 0 Å². The average molecular weight is 684 g/mol. The number of phenols is 1. The van der Waals surface area contributed by atoms with Crippen LogP contribution in [0.2, 0.25) is 0 Å². The van der Waals surface area contributed by atoms with E-state index in [0.717, 1.165) is 34.4 Å². The van der Waals surface area contributed by atoms with Crippen molar-refractivity contribution in [1.82, 2.24) is 0 Å². The Hall–Kier alpha value is -4.39. The number of carbonyl (C=O) groups excluding carboxylic acids is 3. The number of carbonyl (C=O) groups is 3. The van der Waals surface area contributed by atoms with Crippen molar-refractivity contribution in [1.29, 1.82) is 0 Å². The third kappa shape index (κ3) is 10.8. The number of benzene rings is 3. The van der Waals surface area contributed by atoms with E-state index in [1.807, 2.05) is 37.4 Å². The smallest absolute Gasteiger partial charge is 0.343 e. The van der Waals surface area contributed by atoms with E-state index in [1.165, 1.54) is 25.7 Å². The molecule has 0 saturated carbocycles. The van der Waals surface area contributed by atoms with Gasteiger partial charge in [-0.1, -0.05) is 80.5 Å². The first-order valence-corrected chi connectivity index (χ1v) is 17.7. The van der Waals surface area contributed by atoms with E-state index in [4.69, 9.17) is 9.47 Å². The van der Waals surface area contributed by atoms with E-state index < -0.39 is 11.9 Å². The zero-order chi connectivity index (χ0) is 37.5. The van der Waals surface area contributed by atoms with Gasteiger partial charge in [0.05, 0.1) is 12.7 Å². The van der Waals surface area contributed by atoms with E-state index in [1.54, 1.807) is 12.1 Å². The van der Waals surface area contributed by atoms with Crippen LogP contribution in [0.3, 0.4) is 0 Å². The lowest BCUT2D eigenvalue weighted by molar-refractivity contribution is -0.137. The lowest BCUT2D eigenvalue weighted by Crippen LogP contribution is -2.22. The largest absolute Gasteiger partial charge is 0.507 e. The maximum atomic E-state index is 13.9. The highest BCUT2D eigenvalue weighted by atomic mass is 16.5. The average Bonchev–Trinajstić information content (AvgIpc) is 3.01. The van der Waals surface area contributed by atoms with Crippen molar-refractivity contribution in [3.05, 3.63) is 93.0 Å². The fraction of sp³-hybridized carbons (Fsp3) is 0.465. The molecule has 270 valence electrons. The van der Waals surface area contributed by atoms with Crippen molar-refractivity contribution in [2.24, 2.45) is 17.8 Å². The molecule has 7 nitrogen and oxygen atoms in total. The molecular weight excluding hydrogens is 626 g/mol. The Balaban J connectivity index is 2.05. The molecule has 0 spiro atoms. The molecule has 0 aliphatic carbocycles. The molecule has 0 amide bonds. The number of Topliss-reactive ketones (excluding diaryl/α,β-unsaturated/α-hetero) is 1. The van der Waals surface area contributed by atoms with Crippen LogP contribution >= 0.6 is 0 Å². The number of ether oxygens (including phenoxy) is 2. The number of nitrogens with zero attached hydrogens (tertiary/aromatic N) is 1. The second kappa shape index (κ2) is 17.0. The zero-order valence-corrected chi connectivity index (χ0v) is 32.2. The fourth-order valence-corrected chi connectivity index (χ4v) is 6.17. The number of aromatic hydroxyl groups is 1. The van der Waals surface area contributed by atoms with Crippen molar-refractivity contribution < 1.29 is 29.0 Å².